The van der Waals surface area contributed by atoms with Gasteiger partial charge in [-0.15, -0.1) is 5.10 Å². The van der Waals surface area contributed by atoms with Crippen molar-refractivity contribution in [3.05, 3.63) is 11.1 Å². The van der Waals surface area contributed by atoms with E-state index < -0.39 is 0 Å². The summed E-state index contributed by atoms with van der Waals surface area (Å²) in [5, 5.41) is 9.46. The van der Waals surface area contributed by atoms with Gasteiger partial charge in [-0.2, -0.15) is 0 Å². The van der Waals surface area contributed by atoms with Crippen molar-refractivity contribution < 1.29 is 0 Å². The lowest BCUT2D eigenvalue weighted by Crippen LogP contribution is -2.37. The van der Waals surface area contributed by atoms with E-state index >= 15 is 0 Å². The molecule has 0 amide bonds. The molecular formula is C10H18N4S. The second kappa shape index (κ2) is 5.53. The third-order valence-electron chi connectivity index (χ3n) is 2.87. The predicted octanol–water partition coefficient (Wildman–Crippen LogP) is 0.969. The Hall–Kier alpha value is -0.520. The first kappa shape index (κ1) is 11.0. The van der Waals surface area contributed by atoms with E-state index in [0.29, 0.717) is 0 Å². The summed E-state index contributed by atoms with van der Waals surface area (Å²) in [6.45, 7) is 4.44. The molecule has 1 N–H and O–H groups in total. The van der Waals surface area contributed by atoms with Crippen LogP contribution in [0, 0.1) is 5.92 Å². The minimum Gasteiger partial charge on any atom is -0.311 e. The molecule has 4 nitrogen and oxygen atoms in total. The van der Waals surface area contributed by atoms with Crippen LogP contribution in [0.15, 0.2) is 5.38 Å². The molecule has 5 heteroatoms. The molecule has 1 saturated heterocycles. The van der Waals surface area contributed by atoms with Gasteiger partial charge in [0, 0.05) is 18.5 Å². The Bertz CT molecular complexity index is 275. The molecule has 1 fully saturated rings. The van der Waals surface area contributed by atoms with Crippen LogP contribution in [0.3, 0.4) is 0 Å². The lowest BCUT2D eigenvalue weighted by atomic mass is 9.98. The van der Waals surface area contributed by atoms with Gasteiger partial charge >= 0.3 is 0 Å². The second-order valence-corrected chi connectivity index (χ2v) is 4.91. The fourth-order valence-electron chi connectivity index (χ4n) is 2.11. The zero-order chi connectivity index (χ0) is 10.5. The van der Waals surface area contributed by atoms with Gasteiger partial charge in [-0.25, -0.2) is 0 Å². The highest BCUT2D eigenvalue weighted by Crippen LogP contribution is 2.13. The van der Waals surface area contributed by atoms with Crippen molar-refractivity contribution in [2.24, 2.45) is 5.92 Å². The van der Waals surface area contributed by atoms with E-state index in [1.165, 1.54) is 37.5 Å². The van der Waals surface area contributed by atoms with E-state index in [1.807, 2.05) is 5.38 Å². The molecule has 0 aliphatic carbocycles. The van der Waals surface area contributed by atoms with Crippen LogP contribution in [0.1, 0.15) is 18.5 Å². The minimum absolute atomic E-state index is 0.801. The van der Waals surface area contributed by atoms with E-state index in [2.05, 4.69) is 26.9 Å². The van der Waals surface area contributed by atoms with Crippen LogP contribution in [0.4, 0.5) is 0 Å². The molecule has 1 aromatic rings. The Balaban J connectivity index is 1.65. The Morgan fingerprint density at radius 3 is 3.33 bits per heavy atom. The van der Waals surface area contributed by atoms with E-state index in [4.69, 9.17) is 0 Å². The summed E-state index contributed by atoms with van der Waals surface area (Å²) in [5.74, 6) is 0.801. The van der Waals surface area contributed by atoms with Gasteiger partial charge in [0.25, 0.3) is 0 Å². The maximum Gasteiger partial charge on any atom is 0.0893 e. The monoisotopic (exact) mass is 226 g/mol. The van der Waals surface area contributed by atoms with Crippen LogP contribution in [0.25, 0.3) is 0 Å². The molecule has 2 rings (SSSR count). The van der Waals surface area contributed by atoms with E-state index in [0.717, 1.165) is 24.7 Å². The molecule has 84 valence electrons. The highest BCUT2D eigenvalue weighted by Gasteiger charge is 2.16. The van der Waals surface area contributed by atoms with Gasteiger partial charge in [-0.1, -0.05) is 4.49 Å². The van der Waals surface area contributed by atoms with Crippen LogP contribution in [-0.2, 0) is 6.54 Å². The normalized spacial score (nSPS) is 23.1. The summed E-state index contributed by atoms with van der Waals surface area (Å²) in [5.41, 5.74) is 1.06. The highest BCUT2D eigenvalue weighted by molar-refractivity contribution is 7.03. The number of rotatable bonds is 4. The SMILES string of the molecule is CN1CCCC(CNCc2csnn2)C1. The number of nitrogens with zero attached hydrogens (tertiary/aromatic N) is 3. The zero-order valence-corrected chi connectivity index (χ0v) is 9.96. The first-order chi connectivity index (χ1) is 7.34. The summed E-state index contributed by atoms with van der Waals surface area (Å²) in [6.07, 6.45) is 2.69. The summed E-state index contributed by atoms with van der Waals surface area (Å²) in [7, 11) is 2.20. The van der Waals surface area contributed by atoms with Gasteiger partial charge in [0.05, 0.1) is 5.69 Å². The van der Waals surface area contributed by atoms with Crippen LogP contribution < -0.4 is 5.32 Å². The number of nitrogens with one attached hydrogen (secondary N) is 1. The zero-order valence-electron chi connectivity index (χ0n) is 9.15. The van der Waals surface area contributed by atoms with Gasteiger partial charge in [-0.3, -0.25) is 0 Å². The van der Waals surface area contributed by atoms with Crippen LogP contribution in [0.2, 0.25) is 0 Å². The van der Waals surface area contributed by atoms with E-state index in [-0.39, 0.29) is 0 Å². The van der Waals surface area contributed by atoms with Gasteiger partial charge < -0.3 is 10.2 Å². The molecule has 1 unspecified atom stereocenters. The topological polar surface area (TPSA) is 41.0 Å². The largest absolute Gasteiger partial charge is 0.311 e. The fourth-order valence-corrected chi connectivity index (χ4v) is 2.56. The number of hydrogen-bond acceptors (Lipinski definition) is 5. The number of hydrogen-bond donors (Lipinski definition) is 1. The Kier molecular flexibility index (Phi) is 4.05. The average molecular weight is 226 g/mol. The number of piperidine rings is 1. The maximum absolute atomic E-state index is 4.01. The first-order valence-corrected chi connectivity index (χ1v) is 6.33. The minimum atomic E-state index is 0.801. The van der Waals surface area contributed by atoms with Crippen LogP contribution >= 0.6 is 11.5 Å². The highest BCUT2D eigenvalue weighted by atomic mass is 32.1. The van der Waals surface area contributed by atoms with Crippen molar-refractivity contribution in [2.45, 2.75) is 19.4 Å². The third-order valence-corrected chi connectivity index (χ3v) is 3.42. The van der Waals surface area contributed by atoms with Crippen molar-refractivity contribution in [3.8, 4) is 0 Å². The summed E-state index contributed by atoms with van der Waals surface area (Å²) < 4.78 is 3.84. The van der Waals surface area contributed by atoms with Crippen LogP contribution in [-0.4, -0.2) is 41.2 Å². The standard InChI is InChI=1S/C10H18N4S/c1-14-4-2-3-9(7-14)5-11-6-10-8-15-13-12-10/h8-9,11H,2-7H2,1H3. The molecule has 1 atom stereocenters. The molecule has 0 radical (unpaired) electrons. The van der Waals surface area contributed by atoms with E-state index in [9.17, 15) is 0 Å². The Morgan fingerprint density at radius 2 is 2.60 bits per heavy atom. The second-order valence-electron chi connectivity index (χ2n) is 4.30. The molecule has 0 saturated carbocycles. The third kappa shape index (κ3) is 3.52. The molecular weight excluding hydrogens is 208 g/mol. The Morgan fingerprint density at radius 1 is 1.67 bits per heavy atom. The number of likely N-dealkylation sites (tertiary alicyclic amines) is 1. The van der Waals surface area contributed by atoms with Crippen LogP contribution in [0.5, 0.6) is 0 Å². The number of aromatic nitrogens is 2. The van der Waals surface area contributed by atoms with Gasteiger partial charge in [0.1, 0.15) is 0 Å². The molecule has 1 aliphatic rings. The quantitative estimate of drug-likeness (QED) is 0.830. The summed E-state index contributed by atoms with van der Waals surface area (Å²) in [6, 6.07) is 0. The lowest BCUT2D eigenvalue weighted by Gasteiger charge is -2.29. The summed E-state index contributed by atoms with van der Waals surface area (Å²) >= 11 is 1.42. The van der Waals surface area contributed by atoms with Gasteiger partial charge in [-0.05, 0) is 50.4 Å². The first-order valence-electron chi connectivity index (χ1n) is 5.50. The fraction of sp³-hybridized carbons (Fsp3) is 0.800. The van der Waals surface area contributed by atoms with Crippen molar-refractivity contribution >= 4 is 11.5 Å². The summed E-state index contributed by atoms with van der Waals surface area (Å²) in [4.78, 5) is 2.42. The van der Waals surface area contributed by atoms with Crippen molar-refractivity contribution in [2.75, 3.05) is 26.7 Å². The molecule has 0 bridgehead atoms. The van der Waals surface area contributed by atoms with Crippen molar-refractivity contribution in [3.63, 3.8) is 0 Å². The molecule has 0 aromatic carbocycles. The molecule has 2 heterocycles. The maximum atomic E-state index is 4.01. The predicted molar refractivity (Wildman–Crippen MR) is 61.8 cm³/mol. The van der Waals surface area contributed by atoms with Gasteiger partial charge in [0.2, 0.25) is 0 Å². The molecule has 1 aromatic heterocycles. The lowest BCUT2D eigenvalue weighted by molar-refractivity contribution is 0.206. The van der Waals surface area contributed by atoms with Gasteiger partial charge in [0.15, 0.2) is 0 Å². The van der Waals surface area contributed by atoms with E-state index in [1.54, 1.807) is 0 Å². The Labute approximate surface area is 94.8 Å². The molecule has 15 heavy (non-hydrogen) atoms. The smallest absolute Gasteiger partial charge is 0.0893 e. The molecule has 1 aliphatic heterocycles. The molecule has 0 spiro atoms. The van der Waals surface area contributed by atoms with Crippen molar-refractivity contribution in [1.82, 2.24) is 19.8 Å². The van der Waals surface area contributed by atoms with Crippen molar-refractivity contribution in [1.29, 1.82) is 0 Å². The average Bonchev–Trinajstić information content (AvgIpc) is 2.71.